The third-order valence-electron chi connectivity index (χ3n) is 4.55. The molecule has 3 heterocycles. The van der Waals surface area contributed by atoms with Crippen molar-refractivity contribution in [1.29, 1.82) is 5.26 Å². The van der Waals surface area contributed by atoms with Gasteiger partial charge in [0.05, 0.1) is 37.6 Å². The van der Waals surface area contributed by atoms with Crippen molar-refractivity contribution in [1.82, 2.24) is 9.88 Å². The molecule has 0 aromatic carbocycles. The van der Waals surface area contributed by atoms with Crippen LogP contribution in [0, 0.1) is 16.7 Å². The molecule has 8 nitrogen and oxygen atoms in total. The highest BCUT2D eigenvalue weighted by atomic mass is 16.6. The predicted molar refractivity (Wildman–Crippen MR) is 99.4 cm³/mol. The Hall–Kier alpha value is -2.82. The zero-order chi connectivity index (χ0) is 20.5. The maximum Gasteiger partial charge on any atom is 0.410 e. The van der Waals surface area contributed by atoms with Crippen LogP contribution in [0.3, 0.4) is 0 Å². The van der Waals surface area contributed by atoms with E-state index >= 15 is 0 Å². The van der Waals surface area contributed by atoms with E-state index in [1.807, 2.05) is 33.8 Å². The van der Waals surface area contributed by atoms with E-state index < -0.39 is 5.60 Å². The molecule has 8 heteroatoms. The Labute approximate surface area is 164 Å². The fourth-order valence-corrected chi connectivity index (χ4v) is 3.31. The molecule has 0 N–H and O–H groups in total. The smallest absolute Gasteiger partial charge is 0.410 e. The second-order valence-electron chi connectivity index (χ2n) is 8.57. The summed E-state index contributed by atoms with van der Waals surface area (Å²) in [5.74, 6) is 0.400. The number of rotatable bonds is 5. The van der Waals surface area contributed by atoms with Crippen molar-refractivity contribution in [2.24, 2.45) is 5.41 Å². The van der Waals surface area contributed by atoms with Gasteiger partial charge in [0.25, 0.3) is 0 Å². The number of pyridine rings is 1. The topological polar surface area (TPSA) is 102 Å². The molecule has 1 fully saturated rings. The third-order valence-corrected chi connectivity index (χ3v) is 4.55. The van der Waals surface area contributed by atoms with E-state index in [1.165, 1.54) is 6.20 Å². The van der Waals surface area contributed by atoms with Crippen LogP contribution in [0.15, 0.2) is 6.20 Å². The van der Waals surface area contributed by atoms with Gasteiger partial charge in [-0.3, -0.25) is 9.78 Å². The van der Waals surface area contributed by atoms with E-state index in [-0.39, 0.29) is 29.3 Å². The molecule has 0 radical (unpaired) electrons. The van der Waals surface area contributed by atoms with Crippen molar-refractivity contribution >= 4 is 11.9 Å². The third kappa shape index (κ3) is 4.19. The van der Waals surface area contributed by atoms with Crippen molar-refractivity contribution in [2.45, 2.75) is 46.1 Å². The van der Waals surface area contributed by atoms with Crippen LogP contribution in [-0.2, 0) is 11.2 Å². The molecule has 3 rings (SSSR count). The average molecular weight is 387 g/mol. The SMILES string of the molecule is CC1(COc2cnc3c(c2C(=O)CC#N)OCC3)CN(C(=O)OC(C)(C)C)C1. The Balaban J connectivity index is 1.66. The summed E-state index contributed by atoms with van der Waals surface area (Å²) >= 11 is 0. The number of ether oxygens (including phenoxy) is 3. The molecule has 0 saturated carbocycles. The normalized spacial score (nSPS) is 17.0. The highest BCUT2D eigenvalue weighted by Crippen LogP contribution is 2.37. The largest absolute Gasteiger partial charge is 0.490 e. The molecule has 2 aliphatic heterocycles. The summed E-state index contributed by atoms with van der Waals surface area (Å²) < 4.78 is 16.8. The van der Waals surface area contributed by atoms with Crippen molar-refractivity contribution in [3.8, 4) is 17.6 Å². The van der Waals surface area contributed by atoms with E-state index in [2.05, 4.69) is 4.98 Å². The molecule has 0 bridgehead atoms. The van der Waals surface area contributed by atoms with E-state index in [4.69, 9.17) is 19.5 Å². The van der Waals surface area contributed by atoms with Gasteiger partial charge in [-0.05, 0) is 20.8 Å². The van der Waals surface area contributed by atoms with E-state index in [9.17, 15) is 9.59 Å². The molecule has 0 aliphatic carbocycles. The molecule has 150 valence electrons. The molecule has 2 aliphatic rings. The first kappa shape index (κ1) is 19.9. The van der Waals surface area contributed by atoms with Gasteiger partial charge >= 0.3 is 6.09 Å². The number of fused-ring (bicyclic) bond motifs is 1. The number of nitriles is 1. The summed E-state index contributed by atoms with van der Waals surface area (Å²) in [6, 6.07) is 1.88. The summed E-state index contributed by atoms with van der Waals surface area (Å²) in [6.07, 6.45) is 1.55. The van der Waals surface area contributed by atoms with Crippen LogP contribution in [0.25, 0.3) is 0 Å². The van der Waals surface area contributed by atoms with E-state index in [1.54, 1.807) is 4.90 Å². The number of Topliss-reactive ketones (excluding diaryl/α,β-unsaturated/α-hetero) is 1. The van der Waals surface area contributed by atoms with Crippen molar-refractivity contribution in [3.63, 3.8) is 0 Å². The monoisotopic (exact) mass is 387 g/mol. The minimum atomic E-state index is -0.536. The van der Waals surface area contributed by atoms with Gasteiger partial charge in [-0.15, -0.1) is 0 Å². The second-order valence-corrected chi connectivity index (χ2v) is 8.57. The average Bonchev–Trinajstić information content (AvgIpc) is 3.04. The summed E-state index contributed by atoms with van der Waals surface area (Å²) in [7, 11) is 0. The molecular formula is C20H25N3O5. The number of likely N-dealkylation sites (tertiary alicyclic amines) is 1. The number of hydrogen-bond donors (Lipinski definition) is 0. The van der Waals surface area contributed by atoms with Gasteiger partial charge in [0, 0.05) is 24.9 Å². The van der Waals surface area contributed by atoms with Crippen LogP contribution < -0.4 is 9.47 Å². The number of carbonyl (C=O) groups is 2. The number of carbonyl (C=O) groups excluding carboxylic acids is 2. The molecule has 28 heavy (non-hydrogen) atoms. The molecule has 1 aromatic rings. The Morgan fingerprint density at radius 1 is 1.39 bits per heavy atom. The molecule has 1 aromatic heterocycles. The van der Waals surface area contributed by atoms with Crippen LogP contribution in [0.5, 0.6) is 11.5 Å². The number of hydrogen-bond acceptors (Lipinski definition) is 7. The van der Waals surface area contributed by atoms with Gasteiger partial charge in [0.1, 0.15) is 11.2 Å². The standard InChI is InChI=1S/C20H25N3O5/c1-19(2,3)28-18(25)23-10-20(4,11-23)12-27-15-9-22-13-6-8-26-17(13)16(15)14(24)5-7-21/h9H,5-6,8,10-12H2,1-4H3. The first-order chi connectivity index (χ1) is 13.1. The quantitative estimate of drug-likeness (QED) is 0.716. The van der Waals surface area contributed by atoms with Crippen LogP contribution in [0.1, 0.15) is 50.2 Å². The lowest BCUT2D eigenvalue weighted by molar-refractivity contribution is -0.0429. The second kappa shape index (κ2) is 7.30. The minimum absolute atomic E-state index is 0.250. The zero-order valence-electron chi connectivity index (χ0n) is 16.7. The molecule has 0 unspecified atom stereocenters. The predicted octanol–water partition coefficient (Wildman–Crippen LogP) is 2.75. The van der Waals surface area contributed by atoms with Gasteiger partial charge < -0.3 is 19.1 Å². The highest BCUT2D eigenvalue weighted by molar-refractivity contribution is 6.02. The Morgan fingerprint density at radius 2 is 2.11 bits per heavy atom. The van der Waals surface area contributed by atoms with Crippen molar-refractivity contribution in [3.05, 3.63) is 17.5 Å². The van der Waals surface area contributed by atoms with Crippen LogP contribution in [0.2, 0.25) is 0 Å². The van der Waals surface area contributed by atoms with Crippen molar-refractivity contribution < 1.29 is 23.8 Å². The van der Waals surface area contributed by atoms with Gasteiger partial charge in [0.15, 0.2) is 17.3 Å². The molecule has 0 atom stereocenters. The first-order valence-corrected chi connectivity index (χ1v) is 9.27. The van der Waals surface area contributed by atoms with Gasteiger partial charge in [-0.25, -0.2) is 4.79 Å². The number of aromatic nitrogens is 1. The lowest BCUT2D eigenvalue weighted by Crippen LogP contribution is -2.60. The highest BCUT2D eigenvalue weighted by Gasteiger charge is 2.44. The summed E-state index contributed by atoms with van der Waals surface area (Å²) in [4.78, 5) is 30.5. The maximum absolute atomic E-state index is 12.4. The fraction of sp³-hybridized carbons (Fsp3) is 0.600. The lowest BCUT2D eigenvalue weighted by Gasteiger charge is -2.47. The lowest BCUT2D eigenvalue weighted by atomic mass is 9.83. The van der Waals surface area contributed by atoms with Gasteiger partial charge in [0.2, 0.25) is 0 Å². The minimum Gasteiger partial charge on any atom is -0.490 e. The number of amides is 1. The van der Waals surface area contributed by atoms with E-state index in [0.29, 0.717) is 49.9 Å². The summed E-state index contributed by atoms with van der Waals surface area (Å²) in [5.41, 5.74) is 0.202. The molecule has 0 spiro atoms. The Kier molecular flexibility index (Phi) is 5.20. The molecular weight excluding hydrogens is 362 g/mol. The van der Waals surface area contributed by atoms with Crippen LogP contribution >= 0.6 is 0 Å². The summed E-state index contributed by atoms with van der Waals surface area (Å²) in [6.45, 7) is 9.25. The van der Waals surface area contributed by atoms with E-state index in [0.717, 1.165) is 0 Å². The Morgan fingerprint density at radius 3 is 2.75 bits per heavy atom. The molecule has 1 amide bonds. The number of nitrogens with zero attached hydrogens (tertiary/aromatic N) is 3. The number of ketones is 1. The van der Waals surface area contributed by atoms with Crippen LogP contribution in [-0.4, -0.2) is 53.7 Å². The molecule has 1 saturated heterocycles. The van der Waals surface area contributed by atoms with Gasteiger partial charge in [-0.1, -0.05) is 6.92 Å². The first-order valence-electron chi connectivity index (χ1n) is 9.27. The van der Waals surface area contributed by atoms with Crippen molar-refractivity contribution in [2.75, 3.05) is 26.3 Å². The zero-order valence-corrected chi connectivity index (χ0v) is 16.7. The van der Waals surface area contributed by atoms with Crippen LogP contribution in [0.4, 0.5) is 4.79 Å². The summed E-state index contributed by atoms with van der Waals surface area (Å²) in [5, 5.41) is 8.89. The Bertz CT molecular complexity index is 831. The maximum atomic E-state index is 12.4. The van der Waals surface area contributed by atoms with Gasteiger partial charge in [-0.2, -0.15) is 5.26 Å². The fourth-order valence-electron chi connectivity index (χ4n) is 3.31.